The molecule has 2 bridgehead atoms. The molecule has 2 aliphatic heterocycles. The van der Waals surface area contributed by atoms with Gasteiger partial charge in [0.05, 0.1) is 23.4 Å². The molecule has 0 spiro atoms. The molecule has 5 aliphatic rings. The van der Waals surface area contributed by atoms with Crippen LogP contribution in [0.2, 0.25) is 0 Å². The first kappa shape index (κ1) is 27.0. The predicted octanol–water partition coefficient (Wildman–Crippen LogP) is 6.11. The summed E-state index contributed by atoms with van der Waals surface area (Å²) >= 11 is 3.40. The number of carbonyl (C=O) groups is 4. The fraction of sp³-hybridized carbons (Fsp3) is 0.222. The number of nitrogens with zero attached hydrogens (tertiary/aromatic N) is 2. The van der Waals surface area contributed by atoms with Gasteiger partial charge in [0.15, 0.2) is 0 Å². The smallest absolute Gasteiger partial charge is 0.316 e. The van der Waals surface area contributed by atoms with E-state index in [4.69, 9.17) is 4.74 Å². The summed E-state index contributed by atoms with van der Waals surface area (Å²) < 4.78 is 6.62. The Labute approximate surface area is 262 Å². The van der Waals surface area contributed by atoms with Crippen molar-refractivity contribution < 1.29 is 23.9 Å². The van der Waals surface area contributed by atoms with Crippen molar-refractivity contribution in [3.63, 3.8) is 0 Å². The topological polar surface area (TPSA) is 84.0 Å². The van der Waals surface area contributed by atoms with Crippen molar-refractivity contribution in [2.75, 3.05) is 16.3 Å². The number of anilines is 2. The van der Waals surface area contributed by atoms with Crippen molar-refractivity contribution in [3.8, 4) is 5.75 Å². The van der Waals surface area contributed by atoms with Gasteiger partial charge in [0.25, 0.3) is 0 Å². The molecule has 2 heterocycles. The van der Waals surface area contributed by atoms with Gasteiger partial charge in [-0.15, -0.1) is 0 Å². The van der Waals surface area contributed by atoms with E-state index < -0.39 is 23.7 Å². The van der Waals surface area contributed by atoms with E-state index in [1.165, 1.54) is 4.90 Å². The first-order valence-corrected chi connectivity index (χ1v) is 15.5. The molecule has 8 heteroatoms. The maximum absolute atomic E-state index is 14.1. The number of amides is 3. The zero-order chi connectivity index (χ0) is 30.3. The zero-order valence-corrected chi connectivity index (χ0v) is 25.4. The number of esters is 1. The molecular weight excluding hydrogens is 620 g/mol. The normalized spacial score (nSPS) is 24.8. The zero-order valence-electron chi connectivity index (χ0n) is 23.8. The van der Waals surface area contributed by atoms with E-state index in [0.29, 0.717) is 17.0 Å². The monoisotopic (exact) mass is 646 g/mol. The summed E-state index contributed by atoms with van der Waals surface area (Å²) in [6, 6.07) is 28.7. The number of carbonyl (C=O) groups excluding carboxylic acids is 4. The van der Waals surface area contributed by atoms with Gasteiger partial charge in [-0.1, -0.05) is 64.5 Å². The van der Waals surface area contributed by atoms with E-state index in [-0.39, 0.29) is 42.5 Å². The van der Waals surface area contributed by atoms with Gasteiger partial charge in [-0.3, -0.25) is 19.2 Å². The maximum Gasteiger partial charge on any atom is 0.316 e. The SMILES string of the molecule is Cc1cc(OC(=O)[C@@H]2CC(=O)N(c3ccc(Br)cc3)C2)ccc1N1C(=O)[C@@H]2C3c4ccccc4C(c4ccccc43)[C@@H]2C1=O. The van der Waals surface area contributed by atoms with E-state index >= 15 is 0 Å². The van der Waals surface area contributed by atoms with Crippen LogP contribution in [0.4, 0.5) is 11.4 Å². The first-order valence-electron chi connectivity index (χ1n) is 14.8. The molecular formula is C36H27BrN2O5. The van der Waals surface area contributed by atoms with E-state index in [1.807, 2.05) is 55.5 Å². The molecule has 0 radical (unpaired) electrons. The minimum atomic E-state index is -0.602. The molecule has 3 amide bonds. The number of benzene rings is 4. The number of rotatable bonds is 4. The summed E-state index contributed by atoms with van der Waals surface area (Å²) in [6.45, 7) is 2.05. The van der Waals surface area contributed by atoms with Gasteiger partial charge in [-0.25, -0.2) is 4.90 Å². The van der Waals surface area contributed by atoms with Crippen molar-refractivity contribution in [2.45, 2.75) is 25.2 Å². The second-order valence-corrected chi connectivity index (χ2v) is 12.9. The number of imide groups is 1. The molecule has 0 saturated carbocycles. The highest BCUT2D eigenvalue weighted by Crippen LogP contribution is 2.61. The number of hydrogen-bond donors (Lipinski definition) is 0. The van der Waals surface area contributed by atoms with Gasteiger partial charge in [-0.05, 0) is 77.2 Å². The summed E-state index contributed by atoms with van der Waals surface area (Å²) in [6.07, 6.45) is 0.0681. The van der Waals surface area contributed by atoms with Crippen LogP contribution >= 0.6 is 15.9 Å². The minimum absolute atomic E-state index is 0.0681. The molecule has 44 heavy (non-hydrogen) atoms. The highest BCUT2D eigenvalue weighted by molar-refractivity contribution is 9.10. The average Bonchev–Trinajstić information content (AvgIpc) is 3.55. The van der Waals surface area contributed by atoms with Gasteiger partial charge in [0, 0.05) is 35.0 Å². The Morgan fingerprint density at radius 2 is 1.32 bits per heavy atom. The second-order valence-electron chi connectivity index (χ2n) is 12.0. The van der Waals surface area contributed by atoms with E-state index in [0.717, 1.165) is 32.4 Å². The van der Waals surface area contributed by atoms with Crippen LogP contribution in [-0.4, -0.2) is 30.2 Å². The van der Waals surface area contributed by atoms with E-state index in [2.05, 4.69) is 40.2 Å². The molecule has 7 nitrogen and oxygen atoms in total. The number of ether oxygens (including phenoxy) is 1. The molecule has 2 saturated heterocycles. The highest BCUT2D eigenvalue weighted by atomic mass is 79.9. The van der Waals surface area contributed by atoms with Crippen LogP contribution in [-0.2, 0) is 19.2 Å². The quantitative estimate of drug-likeness (QED) is 0.152. The van der Waals surface area contributed by atoms with Gasteiger partial charge < -0.3 is 9.64 Å². The van der Waals surface area contributed by atoms with Gasteiger partial charge in [0.2, 0.25) is 17.7 Å². The minimum Gasteiger partial charge on any atom is -0.426 e. The summed E-state index contributed by atoms with van der Waals surface area (Å²) in [4.78, 5) is 57.0. The van der Waals surface area contributed by atoms with Crippen molar-refractivity contribution in [1.82, 2.24) is 0 Å². The molecule has 218 valence electrons. The summed E-state index contributed by atoms with van der Waals surface area (Å²) in [5.41, 5.74) is 6.39. The number of hydrogen-bond acceptors (Lipinski definition) is 5. The van der Waals surface area contributed by atoms with E-state index in [9.17, 15) is 19.2 Å². The van der Waals surface area contributed by atoms with Crippen molar-refractivity contribution in [3.05, 3.63) is 123 Å². The molecule has 0 unspecified atom stereocenters. The van der Waals surface area contributed by atoms with Crippen LogP contribution in [0.5, 0.6) is 5.75 Å². The lowest BCUT2D eigenvalue weighted by molar-refractivity contribution is -0.139. The first-order chi connectivity index (χ1) is 21.3. The molecule has 9 rings (SSSR count). The van der Waals surface area contributed by atoms with Crippen LogP contribution in [0.3, 0.4) is 0 Å². The number of halogens is 1. The van der Waals surface area contributed by atoms with Crippen molar-refractivity contribution >= 4 is 51.0 Å². The maximum atomic E-state index is 14.1. The predicted molar refractivity (Wildman–Crippen MR) is 167 cm³/mol. The van der Waals surface area contributed by atoms with Crippen LogP contribution in [0.1, 0.15) is 46.1 Å². The standard InChI is InChI=1S/C36H27BrN2O5/c1-19-16-23(44-36(43)20-17-29(40)38(18-20)22-12-10-21(37)11-13-22)14-15-28(19)39-34(41)32-30-24-6-2-3-7-25(24)31(33(32)35(39)42)27-9-5-4-8-26(27)30/h2-16,20,30-33H,17-18H2,1H3/t20-,30?,31?,32-,33+/m1/s1. The van der Waals surface area contributed by atoms with Gasteiger partial charge >= 0.3 is 5.97 Å². The number of aryl methyl sites for hydroxylation is 1. The Hall–Kier alpha value is -4.56. The fourth-order valence-electron chi connectivity index (χ4n) is 7.79. The lowest BCUT2D eigenvalue weighted by atomic mass is 9.55. The average molecular weight is 648 g/mol. The Kier molecular flexibility index (Phi) is 6.14. The van der Waals surface area contributed by atoms with Crippen LogP contribution in [0.25, 0.3) is 0 Å². The summed E-state index contributed by atoms with van der Waals surface area (Å²) in [7, 11) is 0. The van der Waals surface area contributed by atoms with Gasteiger partial charge in [0.1, 0.15) is 5.75 Å². The Bertz CT molecular complexity index is 1790. The largest absolute Gasteiger partial charge is 0.426 e. The van der Waals surface area contributed by atoms with Crippen LogP contribution in [0.15, 0.2) is 95.5 Å². The highest BCUT2D eigenvalue weighted by Gasteiger charge is 2.61. The van der Waals surface area contributed by atoms with E-state index in [1.54, 1.807) is 23.1 Å². The molecule has 2 fully saturated rings. The Balaban J connectivity index is 1.04. The molecule has 4 aromatic rings. The lowest BCUT2D eigenvalue weighted by Crippen LogP contribution is -2.41. The Morgan fingerprint density at radius 3 is 1.84 bits per heavy atom. The molecule has 4 aromatic carbocycles. The molecule has 3 aliphatic carbocycles. The van der Waals surface area contributed by atoms with Crippen molar-refractivity contribution in [1.29, 1.82) is 0 Å². The van der Waals surface area contributed by atoms with Crippen molar-refractivity contribution in [2.24, 2.45) is 17.8 Å². The molecule has 0 N–H and O–H groups in total. The fourth-order valence-corrected chi connectivity index (χ4v) is 8.06. The molecule has 3 atom stereocenters. The lowest BCUT2D eigenvalue weighted by Gasteiger charge is -2.45. The van der Waals surface area contributed by atoms with Crippen LogP contribution in [0, 0.1) is 24.7 Å². The van der Waals surface area contributed by atoms with Crippen LogP contribution < -0.4 is 14.5 Å². The summed E-state index contributed by atoms with van der Waals surface area (Å²) in [5, 5.41) is 0. The Morgan fingerprint density at radius 1 is 0.773 bits per heavy atom. The second kappa shape index (κ2) is 9.99. The van der Waals surface area contributed by atoms with Gasteiger partial charge in [-0.2, -0.15) is 0 Å². The third-order valence-corrected chi connectivity index (χ3v) is 10.2. The third kappa shape index (κ3) is 3.93. The third-order valence-electron chi connectivity index (χ3n) is 9.67. The summed E-state index contributed by atoms with van der Waals surface area (Å²) in [5.74, 6) is -2.59. The molecule has 0 aromatic heterocycles.